The van der Waals surface area contributed by atoms with E-state index in [1.165, 1.54) is 0 Å². The van der Waals surface area contributed by atoms with Crippen molar-refractivity contribution in [1.82, 2.24) is 10.6 Å². The van der Waals surface area contributed by atoms with Crippen molar-refractivity contribution in [2.24, 2.45) is 0 Å². The highest BCUT2D eigenvalue weighted by molar-refractivity contribution is 5.75. The fourth-order valence-electron chi connectivity index (χ4n) is 3.58. The van der Waals surface area contributed by atoms with Crippen LogP contribution in [0.4, 0.5) is 4.79 Å². The Labute approximate surface area is 158 Å². The Morgan fingerprint density at radius 1 is 1.26 bits per heavy atom. The minimum atomic E-state index is -0.238. The molecule has 0 saturated carbocycles. The van der Waals surface area contributed by atoms with Gasteiger partial charge in [0.2, 0.25) is 0 Å². The minimum absolute atomic E-state index is 0.142. The van der Waals surface area contributed by atoms with Crippen molar-refractivity contribution in [3.8, 4) is 17.2 Å². The summed E-state index contributed by atoms with van der Waals surface area (Å²) in [6.45, 7) is 5.38. The highest BCUT2D eigenvalue weighted by atomic mass is 16.5. The van der Waals surface area contributed by atoms with Crippen molar-refractivity contribution in [2.45, 2.75) is 39.0 Å². The Kier molecular flexibility index (Phi) is 4.79. The lowest BCUT2D eigenvalue weighted by atomic mass is 10.1. The molecule has 0 fully saturated rings. The minimum Gasteiger partial charge on any atom is -0.494 e. The van der Waals surface area contributed by atoms with Gasteiger partial charge >= 0.3 is 6.03 Å². The first kappa shape index (κ1) is 17.5. The van der Waals surface area contributed by atoms with E-state index in [2.05, 4.69) is 10.6 Å². The van der Waals surface area contributed by atoms with Crippen LogP contribution in [0.2, 0.25) is 0 Å². The van der Waals surface area contributed by atoms with Crippen molar-refractivity contribution in [1.29, 1.82) is 0 Å². The number of fused-ring (bicyclic) bond motifs is 2. The Morgan fingerprint density at radius 3 is 2.96 bits per heavy atom. The summed E-state index contributed by atoms with van der Waals surface area (Å²) in [4.78, 5) is 12.4. The van der Waals surface area contributed by atoms with Crippen molar-refractivity contribution >= 4 is 6.03 Å². The molecule has 6 nitrogen and oxygen atoms in total. The van der Waals surface area contributed by atoms with E-state index in [1.807, 2.05) is 50.2 Å². The predicted molar refractivity (Wildman–Crippen MR) is 101 cm³/mol. The summed E-state index contributed by atoms with van der Waals surface area (Å²) in [6.07, 6.45) is 1.05. The number of hydrogen-bond donors (Lipinski definition) is 2. The van der Waals surface area contributed by atoms with Crippen LogP contribution in [0.25, 0.3) is 0 Å². The van der Waals surface area contributed by atoms with Crippen molar-refractivity contribution in [3.05, 3.63) is 53.1 Å². The summed E-state index contributed by atoms with van der Waals surface area (Å²) < 4.78 is 17.2. The summed E-state index contributed by atoms with van der Waals surface area (Å²) in [6, 6.07) is 11.4. The summed E-state index contributed by atoms with van der Waals surface area (Å²) in [5.74, 6) is 2.50. The van der Waals surface area contributed by atoms with Gasteiger partial charge in [-0.2, -0.15) is 0 Å². The first-order chi connectivity index (χ1) is 13.1. The fourth-order valence-corrected chi connectivity index (χ4v) is 3.58. The van der Waals surface area contributed by atoms with E-state index in [9.17, 15) is 4.79 Å². The first-order valence-corrected chi connectivity index (χ1v) is 9.35. The molecule has 4 rings (SSSR count). The molecule has 0 saturated heterocycles. The van der Waals surface area contributed by atoms with Crippen LogP contribution < -0.4 is 24.8 Å². The highest BCUT2D eigenvalue weighted by Crippen LogP contribution is 2.35. The highest BCUT2D eigenvalue weighted by Gasteiger charge is 2.25. The number of benzene rings is 2. The number of nitrogens with one attached hydrogen (secondary N) is 2. The van der Waals surface area contributed by atoms with Crippen molar-refractivity contribution in [2.75, 3.05) is 13.2 Å². The van der Waals surface area contributed by atoms with E-state index in [0.29, 0.717) is 19.8 Å². The molecule has 2 atom stereocenters. The van der Waals surface area contributed by atoms with Gasteiger partial charge in [-0.25, -0.2) is 4.79 Å². The van der Waals surface area contributed by atoms with E-state index in [0.717, 1.165) is 40.4 Å². The molecule has 0 unspecified atom stereocenters. The molecule has 2 aromatic rings. The summed E-state index contributed by atoms with van der Waals surface area (Å²) in [5, 5.41) is 5.89. The van der Waals surface area contributed by atoms with Crippen molar-refractivity contribution < 1.29 is 19.0 Å². The van der Waals surface area contributed by atoms with Crippen LogP contribution >= 0.6 is 0 Å². The number of ether oxygens (including phenoxy) is 3. The molecule has 2 amide bonds. The van der Waals surface area contributed by atoms with Gasteiger partial charge < -0.3 is 24.8 Å². The zero-order valence-electron chi connectivity index (χ0n) is 15.6. The molecule has 2 aliphatic heterocycles. The molecule has 6 heteroatoms. The molecule has 0 aromatic heterocycles. The summed E-state index contributed by atoms with van der Waals surface area (Å²) in [7, 11) is 0. The number of hydrogen-bond acceptors (Lipinski definition) is 4. The molecule has 0 bridgehead atoms. The number of amides is 2. The monoisotopic (exact) mass is 368 g/mol. The first-order valence-electron chi connectivity index (χ1n) is 9.35. The molecule has 2 aromatic carbocycles. The third-order valence-electron chi connectivity index (χ3n) is 4.82. The predicted octanol–water partition coefficient (Wildman–Crippen LogP) is 3.34. The Morgan fingerprint density at radius 2 is 2.11 bits per heavy atom. The number of para-hydroxylation sites is 1. The van der Waals surface area contributed by atoms with Crippen LogP contribution in [0.3, 0.4) is 0 Å². The quantitative estimate of drug-likeness (QED) is 0.849. The van der Waals surface area contributed by atoms with Gasteiger partial charge in [0.15, 0.2) is 0 Å². The third kappa shape index (κ3) is 3.65. The second-order valence-electron chi connectivity index (χ2n) is 6.86. The van der Waals surface area contributed by atoms with E-state index >= 15 is 0 Å². The molecule has 2 N–H and O–H groups in total. The molecule has 2 heterocycles. The molecular formula is C21H24N2O4. The molecule has 142 valence electrons. The average Bonchev–Trinajstić information content (AvgIpc) is 3.22. The Bertz CT molecular complexity index is 852. The fraction of sp³-hybridized carbons (Fsp3) is 0.381. The smallest absolute Gasteiger partial charge is 0.315 e. The maximum Gasteiger partial charge on any atom is 0.315 e. The normalized spacial score (nSPS) is 19.5. The van der Waals surface area contributed by atoms with Gasteiger partial charge in [0.1, 0.15) is 30.0 Å². The number of carbonyl (C=O) groups excluding carboxylic acids is 1. The Hall–Kier alpha value is -2.89. The van der Waals surface area contributed by atoms with Gasteiger partial charge in [-0.15, -0.1) is 0 Å². The van der Waals surface area contributed by atoms with Gasteiger partial charge in [-0.05, 0) is 32.0 Å². The van der Waals surface area contributed by atoms with E-state index in [-0.39, 0.29) is 18.2 Å². The second-order valence-corrected chi connectivity index (χ2v) is 6.86. The third-order valence-corrected chi connectivity index (χ3v) is 4.82. The topological polar surface area (TPSA) is 68.8 Å². The van der Waals surface area contributed by atoms with Crippen LogP contribution in [0.1, 0.15) is 36.6 Å². The summed E-state index contributed by atoms with van der Waals surface area (Å²) in [5.41, 5.74) is 3.06. The summed E-state index contributed by atoms with van der Waals surface area (Å²) >= 11 is 0. The zero-order chi connectivity index (χ0) is 18.8. The molecule has 2 aliphatic rings. The average molecular weight is 368 g/mol. The largest absolute Gasteiger partial charge is 0.494 e. The molecule has 0 radical (unpaired) electrons. The van der Waals surface area contributed by atoms with Gasteiger partial charge in [0.05, 0.1) is 12.6 Å². The van der Waals surface area contributed by atoms with Gasteiger partial charge in [-0.3, -0.25) is 0 Å². The Balaban J connectivity index is 1.41. The van der Waals surface area contributed by atoms with Crippen molar-refractivity contribution in [3.63, 3.8) is 0 Å². The van der Waals surface area contributed by atoms with E-state index < -0.39 is 0 Å². The lowest BCUT2D eigenvalue weighted by molar-refractivity contribution is 0.231. The lowest BCUT2D eigenvalue weighted by Crippen LogP contribution is -2.38. The second kappa shape index (κ2) is 7.39. The number of carbonyl (C=O) groups is 1. The maximum atomic E-state index is 12.4. The van der Waals surface area contributed by atoms with Crippen LogP contribution in [0, 0.1) is 0 Å². The molecule has 0 spiro atoms. The molecule has 27 heavy (non-hydrogen) atoms. The van der Waals surface area contributed by atoms with Gasteiger partial charge in [0, 0.05) is 29.7 Å². The van der Waals surface area contributed by atoms with Crippen LogP contribution in [-0.4, -0.2) is 25.3 Å². The number of rotatable bonds is 5. The van der Waals surface area contributed by atoms with Gasteiger partial charge in [-0.1, -0.05) is 18.2 Å². The standard InChI is InChI=1S/C21H24N2O4/c1-3-25-19-9-14-8-13(2)27-20(14)10-15(19)11-22-21(24)23-17-12-26-18-7-5-4-6-16(17)18/h4-7,9-10,13,17H,3,8,11-12H2,1-2H3,(H2,22,23,24)/t13-,17+/m0/s1. The number of urea groups is 1. The van der Waals surface area contributed by atoms with Crippen LogP contribution in [0.5, 0.6) is 17.2 Å². The lowest BCUT2D eigenvalue weighted by Gasteiger charge is -2.15. The van der Waals surface area contributed by atoms with Crippen LogP contribution in [-0.2, 0) is 13.0 Å². The molecular weight excluding hydrogens is 344 g/mol. The zero-order valence-corrected chi connectivity index (χ0v) is 15.6. The van der Waals surface area contributed by atoms with E-state index in [1.54, 1.807) is 0 Å². The van der Waals surface area contributed by atoms with Crippen LogP contribution in [0.15, 0.2) is 36.4 Å². The van der Waals surface area contributed by atoms with E-state index in [4.69, 9.17) is 14.2 Å². The SMILES string of the molecule is CCOc1cc2c(cc1CNC(=O)N[C@@H]1COc3ccccc31)O[C@@H](C)C2. The maximum absolute atomic E-state index is 12.4. The van der Waals surface area contributed by atoms with Gasteiger partial charge in [0.25, 0.3) is 0 Å². The molecule has 0 aliphatic carbocycles.